The standard InChI is InChI=1S/C16H18ClN3O/c1-18-16(21)14-5-3-9-20(14)10-11-6-7-13(17)12-4-2-8-19-15(11)12/h2,4,6-8,14H,3,5,9-10H2,1H3,(H,18,21). The molecule has 110 valence electrons. The van der Waals surface area contributed by atoms with Crippen LogP contribution in [0.2, 0.25) is 5.02 Å². The summed E-state index contributed by atoms with van der Waals surface area (Å²) in [5.41, 5.74) is 2.04. The topological polar surface area (TPSA) is 45.2 Å². The summed E-state index contributed by atoms with van der Waals surface area (Å²) in [4.78, 5) is 18.6. The molecule has 0 saturated carbocycles. The van der Waals surface area contributed by atoms with Crippen LogP contribution in [-0.4, -0.2) is 35.4 Å². The highest BCUT2D eigenvalue weighted by atomic mass is 35.5. The first-order valence-corrected chi connectivity index (χ1v) is 7.56. The molecule has 4 nitrogen and oxygen atoms in total. The minimum atomic E-state index is -0.0376. The molecular weight excluding hydrogens is 286 g/mol. The molecule has 5 heteroatoms. The Morgan fingerprint density at radius 2 is 2.33 bits per heavy atom. The van der Waals surface area contributed by atoms with E-state index in [4.69, 9.17) is 11.6 Å². The van der Waals surface area contributed by atoms with Crippen LogP contribution in [0, 0.1) is 0 Å². The molecule has 0 spiro atoms. The second-order valence-electron chi connectivity index (χ2n) is 5.35. The van der Waals surface area contributed by atoms with Gasteiger partial charge >= 0.3 is 0 Å². The van der Waals surface area contributed by atoms with E-state index in [0.29, 0.717) is 5.02 Å². The first-order chi connectivity index (χ1) is 10.2. The van der Waals surface area contributed by atoms with Gasteiger partial charge in [-0.2, -0.15) is 0 Å². The predicted octanol–water partition coefficient (Wildman–Crippen LogP) is 2.60. The number of carbonyl (C=O) groups is 1. The third-order valence-corrected chi connectivity index (χ3v) is 4.42. The highest BCUT2D eigenvalue weighted by molar-refractivity contribution is 6.35. The zero-order valence-electron chi connectivity index (χ0n) is 12.0. The quantitative estimate of drug-likeness (QED) is 0.948. The molecule has 1 aliphatic rings. The monoisotopic (exact) mass is 303 g/mol. The summed E-state index contributed by atoms with van der Waals surface area (Å²) >= 11 is 6.23. The molecule has 1 aliphatic heterocycles. The lowest BCUT2D eigenvalue weighted by Gasteiger charge is -2.23. The minimum absolute atomic E-state index is 0.0376. The Labute approximate surface area is 129 Å². The number of halogens is 1. The van der Waals surface area contributed by atoms with Crippen LogP contribution < -0.4 is 5.32 Å². The highest BCUT2D eigenvalue weighted by Crippen LogP contribution is 2.27. The predicted molar refractivity (Wildman–Crippen MR) is 84.3 cm³/mol. The van der Waals surface area contributed by atoms with Gasteiger partial charge in [0.25, 0.3) is 0 Å². The number of likely N-dealkylation sites (tertiary alicyclic amines) is 1. The molecule has 1 fully saturated rings. The number of nitrogens with one attached hydrogen (secondary N) is 1. The number of nitrogens with zero attached hydrogens (tertiary/aromatic N) is 2. The van der Waals surface area contributed by atoms with Gasteiger partial charge in [0.1, 0.15) is 0 Å². The van der Waals surface area contributed by atoms with Crippen molar-refractivity contribution < 1.29 is 4.79 Å². The van der Waals surface area contributed by atoms with E-state index in [1.54, 1.807) is 13.2 Å². The van der Waals surface area contributed by atoms with Crippen LogP contribution in [0.5, 0.6) is 0 Å². The van der Waals surface area contributed by atoms with Gasteiger partial charge in [0.15, 0.2) is 0 Å². The van der Waals surface area contributed by atoms with Crippen molar-refractivity contribution in [2.45, 2.75) is 25.4 Å². The third-order valence-electron chi connectivity index (χ3n) is 4.09. The second-order valence-corrected chi connectivity index (χ2v) is 5.76. The molecule has 1 amide bonds. The molecule has 1 atom stereocenters. The van der Waals surface area contributed by atoms with E-state index < -0.39 is 0 Å². The molecule has 2 heterocycles. The van der Waals surface area contributed by atoms with Gasteiger partial charge in [-0.3, -0.25) is 14.7 Å². The number of hydrogen-bond donors (Lipinski definition) is 1. The molecular formula is C16H18ClN3O. The summed E-state index contributed by atoms with van der Waals surface area (Å²) < 4.78 is 0. The number of pyridine rings is 1. The molecule has 3 rings (SSSR count). The molecule has 0 aliphatic carbocycles. The van der Waals surface area contributed by atoms with E-state index in [-0.39, 0.29) is 11.9 Å². The Balaban J connectivity index is 1.92. The van der Waals surface area contributed by atoms with Crippen LogP contribution >= 0.6 is 11.6 Å². The number of likely N-dealkylation sites (N-methyl/N-ethyl adjacent to an activating group) is 1. The van der Waals surface area contributed by atoms with Crippen LogP contribution in [0.3, 0.4) is 0 Å². The summed E-state index contributed by atoms with van der Waals surface area (Å²) in [5.74, 6) is 0.0960. The van der Waals surface area contributed by atoms with E-state index >= 15 is 0 Å². The molecule has 1 saturated heterocycles. The lowest BCUT2D eigenvalue weighted by Crippen LogP contribution is -2.41. The minimum Gasteiger partial charge on any atom is -0.358 e. The van der Waals surface area contributed by atoms with Crippen molar-refractivity contribution in [2.75, 3.05) is 13.6 Å². The number of amides is 1. The Bertz CT molecular complexity index is 674. The average Bonchev–Trinajstić information content (AvgIpc) is 2.98. The second kappa shape index (κ2) is 6.00. The zero-order chi connectivity index (χ0) is 14.8. The van der Waals surface area contributed by atoms with Crippen LogP contribution in [0.4, 0.5) is 0 Å². The zero-order valence-corrected chi connectivity index (χ0v) is 12.7. The highest BCUT2D eigenvalue weighted by Gasteiger charge is 2.30. The summed E-state index contributed by atoms with van der Waals surface area (Å²) in [5, 5.41) is 4.43. The van der Waals surface area contributed by atoms with Crippen LogP contribution in [0.15, 0.2) is 30.5 Å². The van der Waals surface area contributed by atoms with Crippen molar-refractivity contribution in [1.82, 2.24) is 15.2 Å². The Hall–Kier alpha value is -1.65. The number of benzene rings is 1. The number of carbonyl (C=O) groups excluding carboxylic acids is 1. The van der Waals surface area contributed by atoms with Crippen molar-refractivity contribution in [3.05, 3.63) is 41.0 Å². The van der Waals surface area contributed by atoms with Gasteiger partial charge in [0.2, 0.25) is 5.91 Å². The van der Waals surface area contributed by atoms with Crippen molar-refractivity contribution in [3.63, 3.8) is 0 Å². The van der Waals surface area contributed by atoms with Crippen LogP contribution in [0.1, 0.15) is 18.4 Å². The van der Waals surface area contributed by atoms with Gasteiger partial charge in [-0.25, -0.2) is 0 Å². The third kappa shape index (κ3) is 2.74. The Morgan fingerprint density at radius 1 is 1.48 bits per heavy atom. The first-order valence-electron chi connectivity index (χ1n) is 7.18. The summed E-state index contributed by atoms with van der Waals surface area (Å²) in [6, 6.07) is 7.75. The van der Waals surface area contributed by atoms with Gasteiger partial charge in [0.05, 0.1) is 11.6 Å². The van der Waals surface area contributed by atoms with Gasteiger partial charge in [0, 0.05) is 30.2 Å². The SMILES string of the molecule is CNC(=O)C1CCCN1Cc1ccc(Cl)c2cccnc12. The fraction of sp³-hybridized carbons (Fsp3) is 0.375. The fourth-order valence-electron chi connectivity index (χ4n) is 3.02. The van der Waals surface area contributed by atoms with Gasteiger partial charge in [-0.1, -0.05) is 17.7 Å². The molecule has 1 aromatic carbocycles. The van der Waals surface area contributed by atoms with Crippen molar-refractivity contribution in [2.24, 2.45) is 0 Å². The number of aromatic nitrogens is 1. The van der Waals surface area contributed by atoms with E-state index in [0.717, 1.165) is 42.4 Å². The van der Waals surface area contributed by atoms with E-state index in [9.17, 15) is 4.79 Å². The Kier molecular flexibility index (Phi) is 4.08. The summed E-state index contributed by atoms with van der Waals surface area (Å²) in [6.07, 6.45) is 3.75. The lowest BCUT2D eigenvalue weighted by atomic mass is 10.1. The van der Waals surface area contributed by atoms with E-state index in [2.05, 4.69) is 15.2 Å². The van der Waals surface area contributed by atoms with Crippen molar-refractivity contribution in [1.29, 1.82) is 0 Å². The molecule has 0 radical (unpaired) electrons. The normalized spacial score (nSPS) is 19.0. The molecule has 21 heavy (non-hydrogen) atoms. The molecule has 2 aromatic rings. The van der Waals surface area contributed by atoms with Crippen LogP contribution in [-0.2, 0) is 11.3 Å². The summed E-state index contributed by atoms with van der Waals surface area (Å²) in [6.45, 7) is 1.66. The van der Waals surface area contributed by atoms with Crippen molar-refractivity contribution >= 4 is 28.4 Å². The smallest absolute Gasteiger partial charge is 0.237 e. The van der Waals surface area contributed by atoms with E-state index in [1.807, 2.05) is 24.3 Å². The van der Waals surface area contributed by atoms with Gasteiger partial charge in [-0.15, -0.1) is 0 Å². The maximum atomic E-state index is 11.9. The average molecular weight is 304 g/mol. The van der Waals surface area contributed by atoms with Gasteiger partial charge in [-0.05, 0) is 43.1 Å². The largest absolute Gasteiger partial charge is 0.358 e. The summed E-state index contributed by atoms with van der Waals surface area (Å²) in [7, 11) is 1.69. The van der Waals surface area contributed by atoms with Crippen LogP contribution in [0.25, 0.3) is 10.9 Å². The molecule has 1 unspecified atom stereocenters. The molecule has 0 bridgehead atoms. The first kappa shape index (κ1) is 14.3. The number of hydrogen-bond acceptors (Lipinski definition) is 3. The molecule has 1 N–H and O–H groups in total. The maximum absolute atomic E-state index is 11.9. The molecule has 1 aromatic heterocycles. The number of fused-ring (bicyclic) bond motifs is 1. The van der Waals surface area contributed by atoms with Gasteiger partial charge < -0.3 is 5.32 Å². The maximum Gasteiger partial charge on any atom is 0.237 e. The number of rotatable bonds is 3. The fourth-order valence-corrected chi connectivity index (χ4v) is 3.24. The van der Waals surface area contributed by atoms with Crippen molar-refractivity contribution in [3.8, 4) is 0 Å². The lowest BCUT2D eigenvalue weighted by molar-refractivity contribution is -0.125. The Morgan fingerprint density at radius 3 is 3.14 bits per heavy atom. The van der Waals surface area contributed by atoms with E-state index in [1.165, 1.54) is 0 Å².